The minimum Gasteiger partial charge on any atom is -0.465 e. The summed E-state index contributed by atoms with van der Waals surface area (Å²) in [7, 11) is 1.36. The molecule has 2 aromatic rings. The zero-order valence-corrected chi connectivity index (χ0v) is 12.4. The summed E-state index contributed by atoms with van der Waals surface area (Å²) in [5.74, 6) is 0.0234. The van der Waals surface area contributed by atoms with Crippen molar-refractivity contribution in [2.24, 2.45) is 0 Å². The van der Waals surface area contributed by atoms with E-state index in [9.17, 15) is 9.59 Å². The highest BCUT2D eigenvalue weighted by molar-refractivity contribution is 5.89. The highest BCUT2D eigenvalue weighted by Gasteiger charge is 2.27. The first-order chi connectivity index (χ1) is 10.7. The molecule has 0 bridgehead atoms. The van der Waals surface area contributed by atoms with Crippen LogP contribution in [0.5, 0.6) is 0 Å². The topological polar surface area (TPSA) is 74.1 Å². The second-order valence-electron chi connectivity index (χ2n) is 5.45. The number of ether oxygens (including phenoxy) is 1. The first-order valence-corrected chi connectivity index (χ1v) is 7.28. The standard InChI is InChI=1S/C16H17N3O3/c1-22-16(21)13-7-5-11(6-8-13)9-19-15(12-3-2-4-12)14(10-20)17-18-19/h5-8,10,12H,2-4,9H2,1H3. The van der Waals surface area contributed by atoms with Crippen LogP contribution in [0.2, 0.25) is 0 Å². The zero-order chi connectivity index (χ0) is 15.5. The maximum atomic E-state index is 11.4. The van der Waals surface area contributed by atoms with Gasteiger partial charge in [-0.1, -0.05) is 23.8 Å². The van der Waals surface area contributed by atoms with Gasteiger partial charge in [-0.25, -0.2) is 9.48 Å². The Hall–Kier alpha value is -2.50. The second kappa shape index (κ2) is 6.09. The van der Waals surface area contributed by atoms with Gasteiger partial charge < -0.3 is 4.74 Å². The number of hydrogen-bond donors (Lipinski definition) is 0. The second-order valence-corrected chi connectivity index (χ2v) is 5.45. The van der Waals surface area contributed by atoms with Crippen LogP contribution >= 0.6 is 0 Å². The van der Waals surface area contributed by atoms with Crippen LogP contribution in [0.25, 0.3) is 0 Å². The molecule has 0 N–H and O–H groups in total. The third-order valence-electron chi connectivity index (χ3n) is 4.11. The molecule has 1 aliphatic carbocycles. The molecule has 6 heteroatoms. The molecule has 3 rings (SSSR count). The summed E-state index contributed by atoms with van der Waals surface area (Å²) in [4.78, 5) is 22.5. The van der Waals surface area contributed by atoms with Gasteiger partial charge in [-0.3, -0.25) is 4.79 Å². The minimum atomic E-state index is -0.356. The fourth-order valence-corrected chi connectivity index (χ4v) is 2.67. The van der Waals surface area contributed by atoms with Gasteiger partial charge in [0.05, 0.1) is 24.9 Å². The molecule has 1 saturated carbocycles. The summed E-state index contributed by atoms with van der Waals surface area (Å²) in [6, 6.07) is 7.17. The van der Waals surface area contributed by atoms with Gasteiger partial charge in [0.15, 0.2) is 6.29 Å². The summed E-state index contributed by atoms with van der Waals surface area (Å²) in [6.45, 7) is 0.536. The summed E-state index contributed by atoms with van der Waals surface area (Å²) in [5, 5.41) is 8.07. The van der Waals surface area contributed by atoms with Crippen molar-refractivity contribution in [1.82, 2.24) is 15.0 Å². The third kappa shape index (κ3) is 2.64. The van der Waals surface area contributed by atoms with Crippen LogP contribution in [-0.2, 0) is 11.3 Å². The van der Waals surface area contributed by atoms with E-state index >= 15 is 0 Å². The largest absolute Gasteiger partial charge is 0.465 e. The molecule has 0 atom stereocenters. The van der Waals surface area contributed by atoms with Gasteiger partial charge in [-0.05, 0) is 30.5 Å². The number of benzene rings is 1. The van der Waals surface area contributed by atoms with E-state index in [0.29, 0.717) is 23.7 Å². The molecule has 0 aliphatic heterocycles. The fourth-order valence-electron chi connectivity index (χ4n) is 2.67. The average Bonchev–Trinajstić information content (AvgIpc) is 2.88. The van der Waals surface area contributed by atoms with Crippen molar-refractivity contribution in [2.45, 2.75) is 31.7 Å². The maximum Gasteiger partial charge on any atom is 0.337 e. The van der Waals surface area contributed by atoms with Crippen molar-refractivity contribution in [3.8, 4) is 0 Å². The van der Waals surface area contributed by atoms with Crippen molar-refractivity contribution in [3.05, 3.63) is 46.8 Å². The van der Waals surface area contributed by atoms with Crippen molar-refractivity contribution in [2.75, 3.05) is 7.11 Å². The van der Waals surface area contributed by atoms with Crippen LogP contribution in [0.15, 0.2) is 24.3 Å². The lowest BCUT2D eigenvalue weighted by molar-refractivity contribution is 0.0600. The molecule has 1 aromatic heterocycles. The summed E-state index contributed by atoms with van der Waals surface area (Å²) in [6.07, 6.45) is 4.12. The number of rotatable bonds is 5. The van der Waals surface area contributed by atoms with Gasteiger partial charge in [0.1, 0.15) is 5.69 Å². The molecule has 0 amide bonds. The van der Waals surface area contributed by atoms with E-state index in [2.05, 4.69) is 15.0 Å². The Balaban J connectivity index is 1.82. The third-order valence-corrected chi connectivity index (χ3v) is 4.11. The van der Waals surface area contributed by atoms with Crippen LogP contribution < -0.4 is 0 Å². The van der Waals surface area contributed by atoms with E-state index in [-0.39, 0.29) is 5.97 Å². The lowest BCUT2D eigenvalue weighted by atomic mass is 9.82. The fraction of sp³-hybridized carbons (Fsp3) is 0.375. The number of carbonyl (C=O) groups excluding carboxylic acids is 2. The molecule has 0 unspecified atom stereocenters. The van der Waals surface area contributed by atoms with Crippen LogP contribution in [0.4, 0.5) is 0 Å². The molecule has 22 heavy (non-hydrogen) atoms. The summed E-state index contributed by atoms with van der Waals surface area (Å²) < 4.78 is 6.47. The number of nitrogens with zero attached hydrogens (tertiary/aromatic N) is 3. The highest BCUT2D eigenvalue weighted by Crippen LogP contribution is 2.37. The Morgan fingerprint density at radius 1 is 1.36 bits per heavy atom. The molecule has 1 aliphatic rings. The molecule has 1 heterocycles. The predicted octanol–water partition coefficient (Wildman–Crippen LogP) is 2.19. The Morgan fingerprint density at radius 3 is 2.64 bits per heavy atom. The molecular weight excluding hydrogens is 282 g/mol. The maximum absolute atomic E-state index is 11.4. The van der Waals surface area contributed by atoms with Crippen LogP contribution in [-0.4, -0.2) is 34.4 Å². The van der Waals surface area contributed by atoms with E-state index in [1.165, 1.54) is 13.5 Å². The van der Waals surface area contributed by atoms with E-state index in [0.717, 1.165) is 30.4 Å². The Morgan fingerprint density at radius 2 is 2.09 bits per heavy atom. The van der Waals surface area contributed by atoms with Gasteiger partial charge >= 0.3 is 5.97 Å². The predicted molar refractivity (Wildman–Crippen MR) is 78.9 cm³/mol. The van der Waals surface area contributed by atoms with Crippen LogP contribution in [0.3, 0.4) is 0 Å². The molecule has 1 fully saturated rings. The molecule has 1 aromatic carbocycles. The molecule has 6 nitrogen and oxygen atoms in total. The smallest absolute Gasteiger partial charge is 0.337 e. The van der Waals surface area contributed by atoms with Crippen LogP contribution in [0, 0.1) is 0 Å². The lowest BCUT2D eigenvalue weighted by Gasteiger charge is -2.26. The number of esters is 1. The van der Waals surface area contributed by atoms with Crippen molar-refractivity contribution in [1.29, 1.82) is 0 Å². The molecule has 0 radical (unpaired) electrons. The van der Waals surface area contributed by atoms with Gasteiger partial charge in [0, 0.05) is 5.92 Å². The summed E-state index contributed by atoms with van der Waals surface area (Å²) >= 11 is 0. The Kier molecular flexibility index (Phi) is 4.00. The van der Waals surface area contributed by atoms with E-state index in [1.807, 2.05) is 12.1 Å². The van der Waals surface area contributed by atoms with E-state index in [4.69, 9.17) is 0 Å². The van der Waals surface area contributed by atoms with Gasteiger partial charge in [-0.2, -0.15) is 0 Å². The van der Waals surface area contributed by atoms with Crippen LogP contribution in [0.1, 0.15) is 57.3 Å². The van der Waals surface area contributed by atoms with Gasteiger partial charge in [0.25, 0.3) is 0 Å². The van der Waals surface area contributed by atoms with Gasteiger partial charge in [0.2, 0.25) is 0 Å². The number of aldehydes is 1. The molecule has 114 valence electrons. The first-order valence-electron chi connectivity index (χ1n) is 7.28. The average molecular weight is 299 g/mol. The Bertz CT molecular complexity index is 687. The van der Waals surface area contributed by atoms with Crippen molar-refractivity contribution < 1.29 is 14.3 Å². The number of hydrogen-bond acceptors (Lipinski definition) is 5. The van der Waals surface area contributed by atoms with Crippen molar-refractivity contribution in [3.63, 3.8) is 0 Å². The zero-order valence-electron chi connectivity index (χ0n) is 12.4. The van der Waals surface area contributed by atoms with Gasteiger partial charge in [-0.15, -0.1) is 5.10 Å². The lowest BCUT2D eigenvalue weighted by Crippen LogP contribution is -2.17. The number of aromatic nitrogens is 3. The number of carbonyl (C=O) groups is 2. The first kappa shape index (κ1) is 14.4. The van der Waals surface area contributed by atoms with E-state index in [1.54, 1.807) is 16.8 Å². The van der Waals surface area contributed by atoms with Crippen molar-refractivity contribution >= 4 is 12.3 Å². The molecular formula is C16H17N3O3. The monoisotopic (exact) mass is 299 g/mol. The quantitative estimate of drug-likeness (QED) is 0.625. The van der Waals surface area contributed by atoms with E-state index < -0.39 is 0 Å². The Labute approximate surface area is 128 Å². The summed E-state index contributed by atoms with van der Waals surface area (Å²) in [5.41, 5.74) is 2.88. The minimum absolute atomic E-state index is 0.356. The normalized spacial score (nSPS) is 14.4. The SMILES string of the molecule is COC(=O)c1ccc(Cn2nnc(C=O)c2C2CCC2)cc1. The molecule has 0 spiro atoms. The number of methoxy groups -OCH3 is 1. The molecule has 0 saturated heterocycles. The highest BCUT2D eigenvalue weighted by atomic mass is 16.5.